The van der Waals surface area contributed by atoms with Gasteiger partial charge in [-0.3, -0.25) is 4.79 Å². The van der Waals surface area contributed by atoms with Crippen LogP contribution in [0.2, 0.25) is 0 Å². The molecule has 82 valence electrons. The molecule has 2 rings (SSSR count). The molecule has 1 aromatic rings. The molecule has 0 heterocycles. The topological polar surface area (TPSA) is 40.9 Å². The van der Waals surface area contributed by atoms with Gasteiger partial charge in [0.15, 0.2) is 0 Å². The van der Waals surface area contributed by atoms with Crippen LogP contribution in [0.3, 0.4) is 0 Å². The van der Waals surface area contributed by atoms with E-state index >= 15 is 0 Å². The standard InChI is InChI=1S/C14H15NO/c1-11-3-2-4-12(9-11)14(10-15)7-5-13(16)6-8-14/h2-4,9H,5-8H2,1H3. The molecule has 0 atom stereocenters. The average molecular weight is 213 g/mol. The van der Waals surface area contributed by atoms with E-state index in [2.05, 4.69) is 12.1 Å². The van der Waals surface area contributed by atoms with Crippen LogP contribution in [0.1, 0.15) is 36.8 Å². The van der Waals surface area contributed by atoms with Crippen LogP contribution >= 0.6 is 0 Å². The van der Waals surface area contributed by atoms with Gasteiger partial charge in [0.05, 0.1) is 11.5 Å². The van der Waals surface area contributed by atoms with Gasteiger partial charge in [0.1, 0.15) is 5.78 Å². The molecule has 0 aliphatic heterocycles. The molecule has 1 aliphatic carbocycles. The van der Waals surface area contributed by atoms with Crippen LogP contribution in [0.15, 0.2) is 24.3 Å². The monoisotopic (exact) mass is 213 g/mol. The van der Waals surface area contributed by atoms with Gasteiger partial charge in [-0.1, -0.05) is 29.8 Å². The maximum Gasteiger partial charge on any atom is 0.133 e. The minimum absolute atomic E-state index is 0.290. The Balaban J connectivity index is 2.36. The lowest BCUT2D eigenvalue weighted by molar-refractivity contribution is -0.120. The molecule has 1 aromatic carbocycles. The number of carbonyl (C=O) groups excluding carboxylic acids is 1. The highest BCUT2D eigenvalue weighted by molar-refractivity contribution is 5.80. The lowest BCUT2D eigenvalue weighted by Gasteiger charge is -2.30. The Hall–Kier alpha value is -1.62. The molecule has 0 radical (unpaired) electrons. The van der Waals surface area contributed by atoms with Gasteiger partial charge >= 0.3 is 0 Å². The van der Waals surface area contributed by atoms with Crippen molar-refractivity contribution in [3.63, 3.8) is 0 Å². The van der Waals surface area contributed by atoms with Gasteiger partial charge in [-0.25, -0.2) is 0 Å². The summed E-state index contributed by atoms with van der Waals surface area (Å²) in [6, 6.07) is 10.5. The predicted octanol–water partition coefficient (Wildman–Crippen LogP) is 2.90. The number of hydrogen-bond acceptors (Lipinski definition) is 2. The number of hydrogen-bond donors (Lipinski definition) is 0. The van der Waals surface area contributed by atoms with Crippen molar-refractivity contribution in [2.45, 2.75) is 38.0 Å². The fourth-order valence-electron chi connectivity index (χ4n) is 2.36. The van der Waals surface area contributed by atoms with Crippen molar-refractivity contribution in [1.82, 2.24) is 0 Å². The quantitative estimate of drug-likeness (QED) is 0.719. The highest BCUT2D eigenvalue weighted by Crippen LogP contribution is 2.37. The summed E-state index contributed by atoms with van der Waals surface area (Å²) in [4.78, 5) is 11.3. The Morgan fingerprint density at radius 1 is 1.31 bits per heavy atom. The van der Waals surface area contributed by atoms with E-state index in [0.29, 0.717) is 31.5 Å². The van der Waals surface area contributed by atoms with Gasteiger partial charge in [-0.05, 0) is 25.3 Å². The molecule has 0 amide bonds. The molecular formula is C14H15NO. The van der Waals surface area contributed by atoms with Crippen LogP contribution in [-0.4, -0.2) is 5.78 Å². The molecule has 1 saturated carbocycles. The van der Waals surface area contributed by atoms with Crippen LogP contribution in [0.4, 0.5) is 0 Å². The third kappa shape index (κ3) is 1.86. The summed E-state index contributed by atoms with van der Waals surface area (Å²) >= 11 is 0. The summed E-state index contributed by atoms with van der Waals surface area (Å²) in [6.07, 6.45) is 2.43. The summed E-state index contributed by atoms with van der Waals surface area (Å²) in [5, 5.41) is 9.41. The number of nitriles is 1. The molecule has 0 saturated heterocycles. The first-order chi connectivity index (χ1) is 7.66. The minimum Gasteiger partial charge on any atom is -0.300 e. The molecule has 1 aliphatic rings. The second-order valence-corrected chi connectivity index (χ2v) is 4.60. The average Bonchev–Trinajstić information content (AvgIpc) is 2.31. The van der Waals surface area contributed by atoms with Gasteiger partial charge < -0.3 is 0 Å². The van der Waals surface area contributed by atoms with Crippen LogP contribution in [-0.2, 0) is 10.2 Å². The number of Topliss-reactive ketones (excluding diaryl/α,β-unsaturated/α-hetero) is 1. The summed E-state index contributed by atoms with van der Waals surface area (Å²) < 4.78 is 0. The van der Waals surface area contributed by atoms with Crippen LogP contribution < -0.4 is 0 Å². The molecular weight excluding hydrogens is 198 g/mol. The van der Waals surface area contributed by atoms with Crippen molar-refractivity contribution in [1.29, 1.82) is 5.26 Å². The zero-order valence-electron chi connectivity index (χ0n) is 9.49. The summed E-state index contributed by atoms with van der Waals surface area (Å²) in [6.45, 7) is 2.03. The zero-order valence-corrected chi connectivity index (χ0v) is 9.49. The van der Waals surface area contributed by atoms with Crippen molar-refractivity contribution in [2.24, 2.45) is 0 Å². The zero-order chi connectivity index (χ0) is 11.6. The fourth-order valence-corrected chi connectivity index (χ4v) is 2.36. The Morgan fingerprint density at radius 3 is 2.56 bits per heavy atom. The molecule has 0 bridgehead atoms. The number of carbonyl (C=O) groups is 1. The lowest BCUT2D eigenvalue weighted by Crippen LogP contribution is -2.30. The molecule has 0 N–H and O–H groups in total. The van der Waals surface area contributed by atoms with E-state index < -0.39 is 5.41 Å². The van der Waals surface area contributed by atoms with Crippen LogP contribution in [0.25, 0.3) is 0 Å². The summed E-state index contributed by atoms with van der Waals surface area (Å²) in [7, 11) is 0. The van der Waals surface area contributed by atoms with Crippen LogP contribution in [0, 0.1) is 18.3 Å². The van der Waals surface area contributed by atoms with E-state index in [1.54, 1.807) is 0 Å². The second-order valence-electron chi connectivity index (χ2n) is 4.60. The normalized spacial score (nSPS) is 19.1. The number of benzene rings is 1. The van der Waals surface area contributed by atoms with Crippen LogP contribution in [0.5, 0.6) is 0 Å². The SMILES string of the molecule is Cc1cccc(C2(C#N)CCC(=O)CC2)c1. The van der Waals surface area contributed by atoms with E-state index in [4.69, 9.17) is 0 Å². The smallest absolute Gasteiger partial charge is 0.133 e. The fraction of sp³-hybridized carbons (Fsp3) is 0.429. The van der Waals surface area contributed by atoms with Crippen molar-refractivity contribution in [2.75, 3.05) is 0 Å². The van der Waals surface area contributed by atoms with E-state index in [0.717, 1.165) is 5.56 Å². The maximum atomic E-state index is 11.3. The third-order valence-corrected chi connectivity index (χ3v) is 3.45. The molecule has 0 aromatic heterocycles. The minimum atomic E-state index is -0.431. The Bertz CT molecular complexity index is 446. The number of rotatable bonds is 1. The second kappa shape index (κ2) is 4.09. The van der Waals surface area contributed by atoms with E-state index in [1.807, 2.05) is 25.1 Å². The van der Waals surface area contributed by atoms with Gasteiger partial charge in [0.2, 0.25) is 0 Å². The number of nitrogens with zero attached hydrogens (tertiary/aromatic N) is 1. The van der Waals surface area contributed by atoms with Gasteiger partial charge in [-0.2, -0.15) is 5.26 Å². The largest absolute Gasteiger partial charge is 0.300 e. The Morgan fingerprint density at radius 2 is 2.00 bits per heavy atom. The van der Waals surface area contributed by atoms with Gasteiger partial charge in [0.25, 0.3) is 0 Å². The maximum absolute atomic E-state index is 11.3. The first-order valence-electron chi connectivity index (χ1n) is 5.66. The molecule has 16 heavy (non-hydrogen) atoms. The molecule has 0 unspecified atom stereocenters. The van der Waals surface area contributed by atoms with E-state index in [-0.39, 0.29) is 0 Å². The molecule has 2 heteroatoms. The number of ketones is 1. The highest BCUT2D eigenvalue weighted by Gasteiger charge is 2.36. The van der Waals surface area contributed by atoms with E-state index in [1.165, 1.54) is 5.56 Å². The van der Waals surface area contributed by atoms with Crippen molar-refractivity contribution in [3.05, 3.63) is 35.4 Å². The highest BCUT2D eigenvalue weighted by atomic mass is 16.1. The van der Waals surface area contributed by atoms with Gasteiger partial charge in [0, 0.05) is 12.8 Å². The Labute approximate surface area is 95.9 Å². The first-order valence-corrected chi connectivity index (χ1v) is 5.66. The molecule has 1 fully saturated rings. The van der Waals surface area contributed by atoms with Gasteiger partial charge in [-0.15, -0.1) is 0 Å². The van der Waals surface area contributed by atoms with Crippen molar-refractivity contribution in [3.8, 4) is 6.07 Å². The van der Waals surface area contributed by atoms with Crippen molar-refractivity contribution >= 4 is 5.78 Å². The third-order valence-electron chi connectivity index (χ3n) is 3.45. The first kappa shape index (κ1) is 10.9. The molecule has 2 nitrogen and oxygen atoms in total. The van der Waals surface area contributed by atoms with E-state index in [9.17, 15) is 10.1 Å². The number of aryl methyl sites for hydroxylation is 1. The Kier molecular flexibility index (Phi) is 2.78. The predicted molar refractivity (Wildman–Crippen MR) is 61.9 cm³/mol. The summed E-state index contributed by atoms with van der Waals surface area (Å²) in [5.74, 6) is 0.290. The lowest BCUT2D eigenvalue weighted by atomic mass is 9.70. The van der Waals surface area contributed by atoms with Crippen molar-refractivity contribution < 1.29 is 4.79 Å². The summed E-state index contributed by atoms with van der Waals surface area (Å²) in [5.41, 5.74) is 1.81. The molecule has 0 spiro atoms.